The van der Waals surface area contributed by atoms with Crippen LogP contribution in [0.4, 0.5) is 5.13 Å². The number of hydrogen-bond acceptors (Lipinski definition) is 6. The molecule has 3 rings (SSSR count). The highest BCUT2D eigenvalue weighted by atomic mass is 32.1. The zero-order valence-corrected chi connectivity index (χ0v) is 23.8. The molecule has 188 valence electrons. The van der Waals surface area contributed by atoms with E-state index in [1.165, 1.54) is 21.7 Å². The van der Waals surface area contributed by atoms with E-state index in [-0.39, 0.29) is 16.4 Å². The molecular formula is C28H38N2O3SSi. The lowest BCUT2D eigenvalue weighted by molar-refractivity contribution is 0.0518. The second-order valence-corrected chi connectivity index (χ2v) is 15.9. The number of benzene rings is 2. The van der Waals surface area contributed by atoms with Crippen LogP contribution < -0.4 is 15.7 Å². The van der Waals surface area contributed by atoms with E-state index < -0.39 is 8.32 Å². The van der Waals surface area contributed by atoms with Crippen LogP contribution in [-0.2, 0) is 15.6 Å². The van der Waals surface area contributed by atoms with Crippen LogP contribution >= 0.6 is 11.3 Å². The normalized spacial score (nSPS) is 12.4. The summed E-state index contributed by atoms with van der Waals surface area (Å²) in [6.07, 6.45) is 0.665. The minimum absolute atomic E-state index is 0.0916. The van der Waals surface area contributed by atoms with Gasteiger partial charge < -0.3 is 14.5 Å². The number of esters is 1. The number of ether oxygens (including phenoxy) is 1. The number of carbonyl (C=O) groups is 1. The highest BCUT2D eigenvalue weighted by Crippen LogP contribution is 2.39. The van der Waals surface area contributed by atoms with Crippen LogP contribution in [0.15, 0.2) is 60.7 Å². The van der Waals surface area contributed by atoms with E-state index in [0.717, 1.165) is 4.88 Å². The summed E-state index contributed by atoms with van der Waals surface area (Å²) < 4.78 is 12.4. The van der Waals surface area contributed by atoms with Crippen molar-refractivity contribution in [1.29, 1.82) is 0 Å². The Morgan fingerprint density at radius 3 is 1.97 bits per heavy atom. The van der Waals surface area contributed by atoms with Crippen LogP contribution in [0.2, 0.25) is 5.04 Å². The zero-order valence-electron chi connectivity index (χ0n) is 22.0. The molecule has 0 saturated heterocycles. The summed E-state index contributed by atoms with van der Waals surface area (Å²) >= 11 is 1.50. The molecule has 0 aliphatic heterocycles. The number of anilines is 1. The molecule has 1 heterocycles. The van der Waals surface area contributed by atoms with Gasteiger partial charge in [0.2, 0.25) is 0 Å². The highest BCUT2D eigenvalue weighted by Gasteiger charge is 2.50. The second kappa shape index (κ2) is 11.1. The van der Waals surface area contributed by atoms with E-state index in [1.54, 1.807) is 0 Å². The molecule has 35 heavy (non-hydrogen) atoms. The van der Waals surface area contributed by atoms with Crippen molar-refractivity contribution in [3.05, 3.63) is 71.2 Å². The van der Waals surface area contributed by atoms with Gasteiger partial charge in [0.25, 0.3) is 8.32 Å². The number of aromatic nitrogens is 1. The first kappa shape index (κ1) is 27.1. The molecule has 1 aromatic heterocycles. The van der Waals surface area contributed by atoms with Gasteiger partial charge in [0.05, 0.1) is 6.61 Å². The topological polar surface area (TPSA) is 60.5 Å². The molecule has 0 unspecified atom stereocenters. The van der Waals surface area contributed by atoms with Crippen LogP contribution in [0, 0.1) is 5.41 Å². The van der Waals surface area contributed by atoms with Crippen LogP contribution in [0.1, 0.15) is 56.9 Å². The lowest BCUT2D eigenvalue weighted by Gasteiger charge is -2.44. The van der Waals surface area contributed by atoms with Gasteiger partial charge in [-0.25, -0.2) is 9.78 Å². The van der Waals surface area contributed by atoms with Gasteiger partial charge in [-0.15, -0.1) is 11.3 Å². The van der Waals surface area contributed by atoms with Gasteiger partial charge >= 0.3 is 5.97 Å². The Morgan fingerprint density at radius 2 is 1.51 bits per heavy atom. The fraction of sp³-hybridized carbons (Fsp3) is 0.429. The SMILES string of the molecule is CCOC(=O)c1nc(NC)sc1CC(C)(C)CO[Si](c1ccccc1)(c1ccccc1)C(C)(C)C. The van der Waals surface area contributed by atoms with Crippen molar-refractivity contribution in [3.63, 3.8) is 0 Å². The summed E-state index contributed by atoms with van der Waals surface area (Å²) in [5, 5.41) is 6.21. The van der Waals surface area contributed by atoms with Crippen molar-refractivity contribution in [1.82, 2.24) is 4.98 Å². The minimum Gasteiger partial charge on any atom is -0.461 e. The molecule has 0 saturated carbocycles. The van der Waals surface area contributed by atoms with Crippen molar-refractivity contribution in [2.75, 3.05) is 25.6 Å². The van der Waals surface area contributed by atoms with Crippen molar-refractivity contribution >= 4 is 41.1 Å². The maximum atomic E-state index is 12.6. The molecule has 7 heteroatoms. The second-order valence-electron chi connectivity index (χ2n) is 10.6. The van der Waals surface area contributed by atoms with Crippen LogP contribution in [-0.4, -0.2) is 39.5 Å². The molecule has 0 aliphatic rings. The van der Waals surface area contributed by atoms with Crippen molar-refractivity contribution in [3.8, 4) is 0 Å². The number of thiazole rings is 1. The van der Waals surface area contributed by atoms with Crippen molar-refractivity contribution < 1.29 is 14.0 Å². The first-order chi connectivity index (χ1) is 16.5. The molecule has 2 aromatic carbocycles. The highest BCUT2D eigenvalue weighted by molar-refractivity contribution is 7.15. The Morgan fingerprint density at radius 1 is 0.971 bits per heavy atom. The summed E-state index contributed by atoms with van der Waals surface area (Å²) in [5.41, 5.74) is 0.172. The molecule has 3 aromatic rings. The molecule has 0 aliphatic carbocycles. The fourth-order valence-corrected chi connectivity index (χ4v) is 10.4. The lowest BCUT2D eigenvalue weighted by Crippen LogP contribution is -2.67. The van der Waals surface area contributed by atoms with Gasteiger partial charge in [-0.3, -0.25) is 0 Å². The van der Waals surface area contributed by atoms with Crippen LogP contribution in [0.25, 0.3) is 0 Å². The fourth-order valence-electron chi connectivity index (χ4n) is 4.49. The molecule has 0 spiro atoms. The number of nitrogens with zero attached hydrogens (tertiary/aromatic N) is 1. The van der Waals surface area contributed by atoms with E-state index in [0.29, 0.717) is 30.5 Å². The molecular weight excluding hydrogens is 472 g/mol. The van der Waals surface area contributed by atoms with Crippen molar-refractivity contribution in [2.24, 2.45) is 5.41 Å². The van der Waals surface area contributed by atoms with E-state index in [4.69, 9.17) is 9.16 Å². The number of nitrogens with one attached hydrogen (secondary N) is 1. The number of rotatable bonds is 10. The summed E-state index contributed by atoms with van der Waals surface area (Å²) in [4.78, 5) is 18.0. The summed E-state index contributed by atoms with van der Waals surface area (Å²) in [6, 6.07) is 21.3. The third kappa shape index (κ3) is 6.02. The van der Waals surface area contributed by atoms with Gasteiger partial charge in [0, 0.05) is 18.5 Å². The Balaban J connectivity index is 1.97. The van der Waals surface area contributed by atoms with Gasteiger partial charge in [0.15, 0.2) is 10.8 Å². The van der Waals surface area contributed by atoms with Gasteiger partial charge in [-0.1, -0.05) is 95.3 Å². The molecule has 0 bridgehead atoms. The Bertz CT molecular complexity index is 1070. The smallest absolute Gasteiger partial charge is 0.358 e. The van der Waals surface area contributed by atoms with Crippen LogP contribution in [0.5, 0.6) is 0 Å². The van der Waals surface area contributed by atoms with Gasteiger partial charge in [0.1, 0.15) is 0 Å². The average molecular weight is 511 g/mol. The number of hydrogen-bond donors (Lipinski definition) is 1. The predicted octanol–water partition coefficient (Wildman–Crippen LogP) is 5.51. The molecule has 0 radical (unpaired) electrons. The Hall–Kier alpha value is -2.48. The van der Waals surface area contributed by atoms with Crippen molar-refractivity contribution in [2.45, 2.75) is 53.0 Å². The largest absolute Gasteiger partial charge is 0.461 e. The van der Waals surface area contributed by atoms with E-state index in [9.17, 15) is 4.79 Å². The molecule has 0 fully saturated rings. The van der Waals surface area contributed by atoms with Crippen LogP contribution in [0.3, 0.4) is 0 Å². The van der Waals surface area contributed by atoms with Gasteiger partial charge in [-0.2, -0.15) is 0 Å². The standard InChI is InChI=1S/C28H38N2O3SSi/c1-8-32-25(31)24-23(34-26(29-7)30-24)19-28(5,6)20-33-35(27(2,3)4,21-15-11-9-12-16-21)22-17-13-10-14-18-22/h9-18H,8,19-20H2,1-7H3,(H,29,30). The predicted molar refractivity (Wildman–Crippen MR) is 149 cm³/mol. The van der Waals surface area contributed by atoms with E-state index in [2.05, 4.69) is 106 Å². The Labute approximate surface area is 215 Å². The minimum atomic E-state index is -2.64. The third-order valence-corrected chi connectivity index (χ3v) is 12.2. The maximum absolute atomic E-state index is 12.6. The first-order valence-corrected chi connectivity index (χ1v) is 14.9. The quantitative estimate of drug-likeness (QED) is 0.288. The molecule has 0 atom stereocenters. The number of carbonyl (C=O) groups excluding carboxylic acids is 1. The monoisotopic (exact) mass is 510 g/mol. The summed E-state index contributed by atoms with van der Waals surface area (Å²) in [6.45, 7) is 13.9. The summed E-state index contributed by atoms with van der Waals surface area (Å²) in [5.74, 6) is -0.371. The lowest BCUT2D eigenvalue weighted by atomic mass is 9.89. The first-order valence-electron chi connectivity index (χ1n) is 12.1. The molecule has 5 nitrogen and oxygen atoms in total. The van der Waals surface area contributed by atoms with E-state index in [1.807, 2.05) is 14.0 Å². The maximum Gasteiger partial charge on any atom is 0.358 e. The van der Waals surface area contributed by atoms with Gasteiger partial charge in [-0.05, 0) is 34.2 Å². The molecule has 0 amide bonds. The summed E-state index contributed by atoms with van der Waals surface area (Å²) in [7, 11) is -0.828. The molecule has 1 N–H and O–H groups in total. The third-order valence-electron chi connectivity index (χ3n) is 6.12. The Kier molecular flexibility index (Phi) is 8.57. The average Bonchev–Trinajstić information content (AvgIpc) is 3.22. The zero-order chi connectivity index (χ0) is 25.7. The van der Waals surface area contributed by atoms with E-state index >= 15 is 0 Å².